The minimum atomic E-state index is -0.499. The summed E-state index contributed by atoms with van der Waals surface area (Å²) in [5.41, 5.74) is 2.08. The number of amides is 3. The first-order chi connectivity index (χ1) is 12.1. The minimum Gasteiger partial charge on any atom is -0.353 e. The van der Waals surface area contributed by atoms with Gasteiger partial charge in [0, 0.05) is 26.0 Å². The van der Waals surface area contributed by atoms with Gasteiger partial charge in [0.1, 0.15) is 6.04 Å². The lowest BCUT2D eigenvalue weighted by Gasteiger charge is -2.32. The lowest BCUT2D eigenvalue weighted by atomic mass is 10.0. The molecule has 0 saturated carbocycles. The first-order valence-electron chi connectivity index (χ1n) is 8.56. The molecule has 132 valence electrons. The number of imide groups is 1. The number of urea groups is 1. The smallest absolute Gasteiger partial charge is 0.321 e. The van der Waals surface area contributed by atoms with E-state index in [1.165, 1.54) is 12.7 Å². The highest BCUT2D eigenvalue weighted by Crippen LogP contribution is 2.38. The van der Waals surface area contributed by atoms with Crippen LogP contribution in [0.2, 0.25) is 0 Å². The molecular formula is C19H24N4O2. The van der Waals surface area contributed by atoms with E-state index >= 15 is 0 Å². The molecule has 0 unspecified atom stereocenters. The van der Waals surface area contributed by atoms with Gasteiger partial charge in [-0.15, -0.1) is 0 Å². The summed E-state index contributed by atoms with van der Waals surface area (Å²) in [4.78, 5) is 26.7. The van der Waals surface area contributed by atoms with E-state index in [0.717, 1.165) is 24.9 Å². The van der Waals surface area contributed by atoms with Crippen molar-refractivity contribution in [3.63, 3.8) is 0 Å². The molecule has 25 heavy (non-hydrogen) atoms. The predicted octanol–water partition coefficient (Wildman–Crippen LogP) is 2.36. The fraction of sp³-hybridized carbons (Fsp3) is 0.368. The highest BCUT2D eigenvalue weighted by molar-refractivity contribution is 5.97. The van der Waals surface area contributed by atoms with Gasteiger partial charge in [-0.05, 0) is 37.1 Å². The third-order valence-corrected chi connectivity index (χ3v) is 4.78. The molecule has 2 heterocycles. The van der Waals surface area contributed by atoms with Crippen molar-refractivity contribution in [2.45, 2.75) is 24.9 Å². The van der Waals surface area contributed by atoms with Gasteiger partial charge in [0.15, 0.2) is 0 Å². The molecule has 1 aromatic heterocycles. The van der Waals surface area contributed by atoms with Crippen molar-refractivity contribution >= 4 is 11.9 Å². The van der Waals surface area contributed by atoms with Gasteiger partial charge in [0.25, 0.3) is 0 Å². The largest absolute Gasteiger partial charge is 0.353 e. The number of hydrogen-bond acceptors (Lipinski definition) is 3. The molecule has 3 rings (SSSR count). The minimum absolute atomic E-state index is 0.153. The Morgan fingerprint density at radius 3 is 2.56 bits per heavy atom. The van der Waals surface area contributed by atoms with Crippen molar-refractivity contribution in [1.29, 1.82) is 0 Å². The summed E-state index contributed by atoms with van der Waals surface area (Å²) >= 11 is 0. The highest BCUT2D eigenvalue weighted by atomic mass is 16.2. The average molecular weight is 340 g/mol. The van der Waals surface area contributed by atoms with Gasteiger partial charge < -0.3 is 9.88 Å². The number of hydrogen-bond donors (Lipinski definition) is 2. The van der Waals surface area contributed by atoms with Gasteiger partial charge in [0.2, 0.25) is 5.91 Å². The van der Waals surface area contributed by atoms with E-state index in [1.54, 1.807) is 0 Å². The van der Waals surface area contributed by atoms with Crippen LogP contribution in [-0.4, -0.2) is 35.0 Å². The molecule has 1 saturated heterocycles. The number of rotatable bonds is 4. The summed E-state index contributed by atoms with van der Waals surface area (Å²) in [6, 6.07) is 12.9. The second-order valence-electron chi connectivity index (χ2n) is 6.32. The van der Waals surface area contributed by atoms with Crippen LogP contribution in [0.3, 0.4) is 0 Å². The molecular weight excluding hydrogens is 316 g/mol. The van der Waals surface area contributed by atoms with Crippen molar-refractivity contribution in [3.05, 3.63) is 59.9 Å². The van der Waals surface area contributed by atoms with E-state index in [4.69, 9.17) is 0 Å². The SMILES string of the molecule is CNC(=O)NC(=O)[C@H](c1ccccc1)N1CCC[C@@H]1c1cccn1C. The maximum absolute atomic E-state index is 12.9. The fourth-order valence-corrected chi connectivity index (χ4v) is 3.61. The zero-order valence-corrected chi connectivity index (χ0v) is 14.6. The van der Waals surface area contributed by atoms with E-state index in [1.807, 2.05) is 49.6 Å². The standard InChI is InChI=1S/C19H24N4O2/c1-20-19(25)21-18(24)17(14-8-4-3-5-9-14)23-13-7-11-16(23)15-10-6-12-22(15)2/h3-6,8-10,12,16-17H,7,11,13H2,1-2H3,(H2,20,21,24,25)/t16-,17+/m1/s1. The Labute approximate surface area is 147 Å². The Bertz CT molecular complexity index is 741. The fourth-order valence-electron chi connectivity index (χ4n) is 3.61. The number of benzene rings is 1. The number of carbonyl (C=O) groups is 2. The highest BCUT2D eigenvalue weighted by Gasteiger charge is 2.37. The van der Waals surface area contributed by atoms with Crippen molar-refractivity contribution < 1.29 is 9.59 Å². The number of aromatic nitrogens is 1. The molecule has 3 amide bonds. The number of nitrogens with one attached hydrogen (secondary N) is 2. The molecule has 2 atom stereocenters. The second kappa shape index (κ2) is 7.53. The van der Waals surface area contributed by atoms with Gasteiger partial charge in [-0.2, -0.15) is 0 Å². The second-order valence-corrected chi connectivity index (χ2v) is 6.32. The molecule has 0 aliphatic carbocycles. The monoisotopic (exact) mass is 340 g/mol. The molecule has 6 nitrogen and oxygen atoms in total. The normalized spacial score (nSPS) is 18.7. The number of likely N-dealkylation sites (tertiary alicyclic amines) is 1. The van der Waals surface area contributed by atoms with Crippen molar-refractivity contribution in [1.82, 2.24) is 20.1 Å². The van der Waals surface area contributed by atoms with Crippen LogP contribution in [0.4, 0.5) is 4.79 Å². The van der Waals surface area contributed by atoms with Gasteiger partial charge in [-0.25, -0.2) is 4.79 Å². The molecule has 0 radical (unpaired) electrons. The van der Waals surface area contributed by atoms with Gasteiger partial charge in [0.05, 0.1) is 6.04 Å². The van der Waals surface area contributed by atoms with Crippen LogP contribution in [0.5, 0.6) is 0 Å². The van der Waals surface area contributed by atoms with Gasteiger partial charge in [-0.3, -0.25) is 15.0 Å². The van der Waals surface area contributed by atoms with Crippen LogP contribution in [0, 0.1) is 0 Å². The molecule has 1 aliphatic heterocycles. The van der Waals surface area contributed by atoms with Gasteiger partial charge >= 0.3 is 6.03 Å². The molecule has 2 aromatic rings. The molecule has 1 aromatic carbocycles. The molecule has 6 heteroatoms. The summed E-state index contributed by atoms with van der Waals surface area (Å²) in [5, 5.41) is 4.90. The Hall–Kier alpha value is -2.60. The Morgan fingerprint density at radius 1 is 1.16 bits per heavy atom. The van der Waals surface area contributed by atoms with E-state index in [9.17, 15) is 9.59 Å². The Balaban J connectivity index is 1.94. The van der Waals surface area contributed by atoms with E-state index in [-0.39, 0.29) is 11.9 Å². The maximum Gasteiger partial charge on any atom is 0.321 e. The van der Waals surface area contributed by atoms with Crippen LogP contribution in [0.15, 0.2) is 48.7 Å². The van der Waals surface area contributed by atoms with Crippen molar-refractivity contribution in [2.75, 3.05) is 13.6 Å². The summed E-state index contributed by atoms with van der Waals surface area (Å²) in [6.07, 6.45) is 4.04. The molecule has 1 fully saturated rings. The topological polar surface area (TPSA) is 66.4 Å². The Morgan fingerprint density at radius 2 is 1.92 bits per heavy atom. The summed E-state index contributed by atoms with van der Waals surface area (Å²) in [7, 11) is 3.52. The first-order valence-corrected chi connectivity index (χ1v) is 8.56. The van der Waals surface area contributed by atoms with Crippen LogP contribution < -0.4 is 10.6 Å². The molecule has 1 aliphatic rings. The molecule has 0 spiro atoms. The zero-order chi connectivity index (χ0) is 17.8. The maximum atomic E-state index is 12.9. The van der Waals surface area contributed by atoms with Crippen LogP contribution in [0.1, 0.15) is 36.2 Å². The van der Waals surface area contributed by atoms with Crippen LogP contribution >= 0.6 is 0 Å². The first kappa shape index (κ1) is 17.2. The van der Waals surface area contributed by atoms with Crippen LogP contribution in [0.25, 0.3) is 0 Å². The Kier molecular flexibility index (Phi) is 5.19. The van der Waals surface area contributed by atoms with E-state index in [2.05, 4.69) is 26.2 Å². The lowest BCUT2D eigenvalue weighted by Crippen LogP contribution is -2.45. The summed E-state index contributed by atoms with van der Waals surface area (Å²) in [6.45, 7) is 0.816. The lowest BCUT2D eigenvalue weighted by molar-refractivity contribution is -0.126. The number of carbonyl (C=O) groups excluding carboxylic acids is 2. The number of aryl methyl sites for hydroxylation is 1. The number of nitrogens with zero attached hydrogens (tertiary/aromatic N) is 2. The zero-order valence-electron chi connectivity index (χ0n) is 14.6. The predicted molar refractivity (Wildman–Crippen MR) is 95.9 cm³/mol. The third kappa shape index (κ3) is 3.58. The quantitative estimate of drug-likeness (QED) is 0.898. The summed E-state index contributed by atoms with van der Waals surface area (Å²) < 4.78 is 2.10. The van der Waals surface area contributed by atoms with Gasteiger partial charge in [-0.1, -0.05) is 30.3 Å². The van der Waals surface area contributed by atoms with E-state index < -0.39 is 12.1 Å². The van der Waals surface area contributed by atoms with Crippen molar-refractivity contribution in [2.24, 2.45) is 7.05 Å². The van der Waals surface area contributed by atoms with Crippen LogP contribution in [-0.2, 0) is 11.8 Å². The van der Waals surface area contributed by atoms with Crippen molar-refractivity contribution in [3.8, 4) is 0 Å². The molecule has 0 bridgehead atoms. The van der Waals surface area contributed by atoms with E-state index in [0.29, 0.717) is 0 Å². The average Bonchev–Trinajstić information content (AvgIpc) is 3.24. The molecule has 2 N–H and O–H groups in total. The summed E-state index contributed by atoms with van der Waals surface area (Å²) in [5.74, 6) is -0.299. The third-order valence-electron chi connectivity index (χ3n) is 4.78.